The second-order valence-electron chi connectivity index (χ2n) is 7.96. The minimum Gasteiger partial charge on any atom is -0.369 e. The molecule has 4 rings (SSSR count). The highest BCUT2D eigenvalue weighted by atomic mass is 17.2. The van der Waals surface area contributed by atoms with Crippen LogP contribution in [0.25, 0.3) is 0 Å². The first-order valence-corrected chi connectivity index (χ1v) is 8.62. The number of hydrogen-bond donors (Lipinski definition) is 0. The van der Waals surface area contributed by atoms with Crippen LogP contribution in [0.15, 0.2) is 0 Å². The Labute approximate surface area is 127 Å². The van der Waals surface area contributed by atoms with Crippen molar-refractivity contribution in [2.75, 3.05) is 6.61 Å². The summed E-state index contributed by atoms with van der Waals surface area (Å²) >= 11 is 0. The maximum atomic E-state index is 6.36. The lowest BCUT2D eigenvalue weighted by molar-refractivity contribution is -0.464. The lowest BCUT2D eigenvalue weighted by atomic mass is 9.55. The second kappa shape index (κ2) is 4.67. The monoisotopic (exact) mass is 296 g/mol. The van der Waals surface area contributed by atoms with Gasteiger partial charge in [0.05, 0.1) is 12.7 Å². The summed E-state index contributed by atoms with van der Waals surface area (Å²) in [5, 5.41) is 0. The van der Waals surface area contributed by atoms with Gasteiger partial charge < -0.3 is 9.47 Å². The van der Waals surface area contributed by atoms with Gasteiger partial charge in [-0.3, -0.25) is 0 Å². The van der Waals surface area contributed by atoms with E-state index in [9.17, 15) is 0 Å². The van der Waals surface area contributed by atoms with Crippen LogP contribution in [-0.4, -0.2) is 30.2 Å². The van der Waals surface area contributed by atoms with Crippen LogP contribution >= 0.6 is 0 Å². The van der Waals surface area contributed by atoms with Crippen molar-refractivity contribution >= 4 is 0 Å². The quantitative estimate of drug-likeness (QED) is 0.643. The van der Waals surface area contributed by atoms with Crippen LogP contribution < -0.4 is 0 Å². The Kier molecular flexibility index (Phi) is 3.21. The van der Waals surface area contributed by atoms with E-state index in [1.807, 2.05) is 6.92 Å². The Bertz CT molecular complexity index is 423. The SMILES string of the molecule is CC1CCC2C(C)C(C)OC3COC4(C)CCC1C32OO4. The summed E-state index contributed by atoms with van der Waals surface area (Å²) in [6.45, 7) is 9.47. The van der Waals surface area contributed by atoms with Gasteiger partial charge in [0, 0.05) is 6.42 Å². The molecule has 4 nitrogen and oxygen atoms in total. The minimum absolute atomic E-state index is 0.00331. The van der Waals surface area contributed by atoms with E-state index in [4.69, 9.17) is 19.2 Å². The molecule has 21 heavy (non-hydrogen) atoms. The Balaban J connectivity index is 1.82. The van der Waals surface area contributed by atoms with Gasteiger partial charge in [0.1, 0.15) is 11.7 Å². The zero-order chi connectivity index (χ0) is 14.8. The molecule has 4 fully saturated rings. The fraction of sp³-hybridized carbons (Fsp3) is 1.00. The largest absolute Gasteiger partial charge is 0.369 e. The van der Waals surface area contributed by atoms with Gasteiger partial charge in [-0.05, 0) is 56.8 Å². The summed E-state index contributed by atoms with van der Waals surface area (Å²) in [5.74, 6) is 1.58. The Hall–Kier alpha value is -0.160. The number of hydrogen-bond acceptors (Lipinski definition) is 4. The van der Waals surface area contributed by atoms with Gasteiger partial charge in [0.25, 0.3) is 0 Å². The van der Waals surface area contributed by atoms with Crippen LogP contribution in [0.5, 0.6) is 0 Å². The van der Waals surface area contributed by atoms with E-state index < -0.39 is 5.79 Å². The third-order valence-electron chi connectivity index (χ3n) is 6.85. The molecule has 1 spiro atoms. The van der Waals surface area contributed by atoms with Crippen molar-refractivity contribution in [2.24, 2.45) is 23.7 Å². The van der Waals surface area contributed by atoms with Gasteiger partial charge >= 0.3 is 0 Å². The maximum Gasteiger partial charge on any atom is 0.198 e. The van der Waals surface area contributed by atoms with Crippen LogP contribution in [0.4, 0.5) is 0 Å². The van der Waals surface area contributed by atoms with E-state index in [1.165, 1.54) is 12.8 Å². The fourth-order valence-corrected chi connectivity index (χ4v) is 5.38. The van der Waals surface area contributed by atoms with E-state index >= 15 is 0 Å². The van der Waals surface area contributed by atoms with Crippen molar-refractivity contribution in [1.82, 2.24) is 0 Å². The van der Waals surface area contributed by atoms with E-state index in [-0.39, 0.29) is 17.8 Å². The van der Waals surface area contributed by atoms with Crippen molar-refractivity contribution in [3.05, 3.63) is 0 Å². The molecule has 0 radical (unpaired) electrons. The number of fused-ring (bicyclic) bond motifs is 2. The van der Waals surface area contributed by atoms with Gasteiger partial charge in [0.2, 0.25) is 0 Å². The van der Waals surface area contributed by atoms with Gasteiger partial charge in [0.15, 0.2) is 5.79 Å². The first-order chi connectivity index (χ1) is 9.96. The molecule has 8 unspecified atom stereocenters. The summed E-state index contributed by atoms with van der Waals surface area (Å²) in [6.07, 6.45) is 4.79. The zero-order valence-corrected chi connectivity index (χ0v) is 13.6. The zero-order valence-electron chi connectivity index (χ0n) is 13.6. The molecular formula is C17H28O4. The molecule has 4 aliphatic rings. The molecule has 120 valence electrons. The highest BCUT2D eigenvalue weighted by molar-refractivity contribution is 5.10. The molecule has 1 saturated carbocycles. The molecule has 3 saturated heterocycles. The fourth-order valence-electron chi connectivity index (χ4n) is 5.38. The van der Waals surface area contributed by atoms with Crippen LogP contribution in [-0.2, 0) is 19.2 Å². The normalized spacial score (nSPS) is 60.0. The van der Waals surface area contributed by atoms with Gasteiger partial charge in [-0.2, -0.15) is 0 Å². The summed E-state index contributed by atoms with van der Waals surface area (Å²) < 4.78 is 12.4. The number of ether oxygens (including phenoxy) is 2. The smallest absolute Gasteiger partial charge is 0.198 e. The summed E-state index contributed by atoms with van der Waals surface area (Å²) in [5.41, 5.74) is -0.308. The lowest BCUT2D eigenvalue weighted by Gasteiger charge is -2.58. The maximum absolute atomic E-state index is 6.36. The minimum atomic E-state index is -0.608. The van der Waals surface area contributed by atoms with Gasteiger partial charge in [-0.15, -0.1) is 0 Å². The predicted molar refractivity (Wildman–Crippen MR) is 77.4 cm³/mol. The summed E-state index contributed by atoms with van der Waals surface area (Å²) in [7, 11) is 0. The van der Waals surface area contributed by atoms with Crippen LogP contribution in [0.3, 0.4) is 0 Å². The third-order valence-corrected chi connectivity index (χ3v) is 6.85. The van der Waals surface area contributed by atoms with Crippen molar-refractivity contribution in [1.29, 1.82) is 0 Å². The molecule has 0 N–H and O–H groups in total. The standard InChI is InChI=1S/C17H28O4/c1-10-5-6-14-11(2)12(3)19-15-9-18-16(4)8-7-13(10)17(14,15)21-20-16/h10-15H,5-9H2,1-4H3. The van der Waals surface area contributed by atoms with Crippen molar-refractivity contribution in [3.63, 3.8) is 0 Å². The molecule has 0 aromatic rings. The Morgan fingerprint density at radius 1 is 0.952 bits per heavy atom. The van der Waals surface area contributed by atoms with Crippen LogP contribution in [0, 0.1) is 23.7 Å². The second-order valence-corrected chi connectivity index (χ2v) is 7.96. The average Bonchev–Trinajstić information content (AvgIpc) is 2.69. The molecule has 0 aromatic carbocycles. The van der Waals surface area contributed by atoms with Gasteiger partial charge in [-0.1, -0.05) is 13.8 Å². The topological polar surface area (TPSA) is 36.9 Å². The summed E-state index contributed by atoms with van der Waals surface area (Å²) in [6, 6.07) is 0. The molecule has 4 heteroatoms. The molecule has 3 aliphatic heterocycles. The van der Waals surface area contributed by atoms with Crippen molar-refractivity contribution < 1.29 is 19.2 Å². The first-order valence-electron chi connectivity index (χ1n) is 8.62. The molecule has 0 aromatic heterocycles. The predicted octanol–water partition coefficient (Wildman–Crippen LogP) is 3.30. The lowest BCUT2D eigenvalue weighted by Crippen LogP contribution is -2.67. The Morgan fingerprint density at radius 3 is 2.57 bits per heavy atom. The van der Waals surface area contributed by atoms with Crippen LogP contribution in [0.1, 0.15) is 53.4 Å². The molecule has 0 amide bonds. The van der Waals surface area contributed by atoms with E-state index in [2.05, 4.69) is 20.8 Å². The molecule has 2 bridgehead atoms. The van der Waals surface area contributed by atoms with E-state index in [1.54, 1.807) is 0 Å². The molecular weight excluding hydrogens is 268 g/mol. The third kappa shape index (κ3) is 1.89. The Morgan fingerprint density at radius 2 is 1.76 bits per heavy atom. The van der Waals surface area contributed by atoms with Crippen LogP contribution in [0.2, 0.25) is 0 Å². The average molecular weight is 296 g/mol. The molecule has 1 aliphatic carbocycles. The highest BCUT2D eigenvalue weighted by Crippen LogP contribution is 2.58. The number of rotatable bonds is 0. The highest BCUT2D eigenvalue weighted by Gasteiger charge is 2.65. The first kappa shape index (κ1) is 14.4. The van der Waals surface area contributed by atoms with E-state index in [0.29, 0.717) is 30.3 Å². The van der Waals surface area contributed by atoms with Crippen molar-refractivity contribution in [3.8, 4) is 0 Å². The summed E-state index contributed by atoms with van der Waals surface area (Å²) in [4.78, 5) is 12.1. The van der Waals surface area contributed by atoms with Crippen molar-refractivity contribution in [2.45, 2.75) is 77.0 Å². The molecule has 8 atom stereocenters. The molecule has 3 heterocycles. The van der Waals surface area contributed by atoms with Gasteiger partial charge in [-0.25, -0.2) is 9.78 Å². The van der Waals surface area contributed by atoms with E-state index in [0.717, 1.165) is 12.8 Å².